The van der Waals surface area contributed by atoms with Crippen molar-refractivity contribution in [2.45, 2.75) is 32.3 Å². The van der Waals surface area contributed by atoms with Gasteiger partial charge in [-0.1, -0.05) is 38.1 Å². The van der Waals surface area contributed by atoms with Crippen LogP contribution in [0.4, 0.5) is 0 Å². The van der Waals surface area contributed by atoms with E-state index in [1.54, 1.807) is 0 Å². The van der Waals surface area contributed by atoms with E-state index in [1.807, 2.05) is 31.2 Å². The number of methoxy groups -OCH3 is 1. The summed E-state index contributed by atoms with van der Waals surface area (Å²) in [5, 5.41) is 9.28. The monoisotopic (exact) mass is 222 g/mol. The molecule has 0 aromatic heterocycles. The van der Waals surface area contributed by atoms with Gasteiger partial charge in [-0.2, -0.15) is 0 Å². The number of ether oxygens (including phenoxy) is 1. The molecule has 0 bridgehead atoms. The molecule has 1 atom stereocenters. The fourth-order valence-corrected chi connectivity index (χ4v) is 1.84. The largest absolute Gasteiger partial charge is 0.479 e. The second-order valence-electron chi connectivity index (χ2n) is 3.74. The number of aliphatic carboxylic acids is 1. The van der Waals surface area contributed by atoms with Gasteiger partial charge in [0, 0.05) is 7.11 Å². The maximum Gasteiger partial charge on any atom is 0.340 e. The number of benzene rings is 1. The third-order valence-corrected chi connectivity index (χ3v) is 3.02. The van der Waals surface area contributed by atoms with Gasteiger partial charge in [0.2, 0.25) is 0 Å². The minimum atomic E-state index is -1.22. The quantitative estimate of drug-likeness (QED) is 0.833. The maximum atomic E-state index is 11.3. The molecule has 1 aromatic rings. The Kier molecular flexibility index (Phi) is 4.07. The highest BCUT2D eigenvalue weighted by Crippen LogP contribution is 2.29. The van der Waals surface area contributed by atoms with Crippen LogP contribution in [0.3, 0.4) is 0 Å². The SMILES string of the molecule is CCc1ccc(C(CC)(OC)C(=O)O)cc1. The summed E-state index contributed by atoms with van der Waals surface area (Å²) in [6.07, 6.45) is 1.35. The predicted molar refractivity (Wildman–Crippen MR) is 62.4 cm³/mol. The van der Waals surface area contributed by atoms with E-state index in [2.05, 4.69) is 6.92 Å². The highest BCUT2D eigenvalue weighted by molar-refractivity contribution is 5.79. The minimum absolute atomic E-state index is 0.407. The fourth-order valence-electron chi connectivity index (χ4n) is 1.84. The van der Waals surface area contributed by atoms with Crippen LogP contribution in [0.5, 0.6) is 0 Å². The molecule has 1 unspecified atom stereocenters. The van der Waals surface area contributed by atoms with E-state index >= 15 is 0 Å². The third kappa shape index (κ3) is 2.09. The van der Waals surface area contributed by atoms with Crippen molar-refractivity contribution in [2.75, 3.05) is 7.11 Å². The lowest BCUT2D eigenvalue weighted by Gasteiger charge is -2.27. The zero-order chi connectivity index (χ0) is 12.2. The van der Waals surface area contributed by atoms with Crippen LogP contribution in [-0.4, -0.2) is 18.2 Å². The number of carboxylic acid groups (broad SMARTS) is 1. The molecule has 0 heterocycles. The molecule has 3 nitrogen and oxygen atoms in total. The molecule has 16 heavy (non-hydrogen) atoms. The van der Waals surface area contributed by atoms with Gasteiger partial charge in [-0.25, -0.2) is 4.79 Å². The highest BCUT2D eigenvalue weighted by atomic mass is 16.5. The van der Waals surface area contributed by atoms with Gasteiger partial charge >= 0.3 is 5.97 Å². The van der Waals surface area contributed by atoms with Crippen LogP contribution in [0.1, 0.15) is 31.4 Å². The van der Waals surface area contributed by atoms with Crippen molar-refractivity contribution < 1.29 is 14.6 Å². The molecule has 1 rings (SSSR count). The molecule has 0 aliphatic heterocycles. The first-order valence-electron chi connectivity index (χ1n) is 5.48. The topological polar surface area (TPSA) is 46.5 Å². The van der Waals surface area contributed by atoms with Crippen LogP contribution in [0, 0.1) is 0 Å². The Morgan fingerprint density at radius 2 is 1.88 bits per heavy atom. The molecule has 1 N–H and O–H groups in total. The summed E-state index contributed by atoms with van der Waals surface area (Å²) in [5.41, 5.74) is 0.671. The van der Waals surface area contributed by atoms with Crippen LogP contribution in [0.2, 0.25) is 0 Å². The first-order chi connectivity index (χ1) is 7.60. The first kappa shape index (κ1) is 12.7. The summed E-state index contributed by atoms with van der Waals surface area (Å²) in [5.74, 6) is -0.943. The van der Waals surface area contributed by atoms with Crippen LogP contribution in [-0.2, 0) is 21.6 Å². The zero-order valence-corrected chi connectivity index (χ0v) is 9.99. The van der Waals surface area contributed by atoms with Crippen molar-refractivity contribution in [3.05, 3.63) is 35.4 Å². The average molecular weight is 222 g/mol. The molecule has 88 valence electrons. The molecule has 0 amide bonds. The lowest BCUT2D eigenvalue weighted by molar-refractivity contribution is -0.164. The highest BCUT2D eigenvalue weighted by Gasteiger charge is 2.38. The van der Waals surface area contributed by atoms with Crippen LogP contribution in [0.25, 0.3) is 0 Å². The molecule has 0 saturated carbocycles. The Labute approximate surface area is 96.1 Å². The Bertz CT molecular complexity index is 350. The Morgan fingerprint density at radius 3 is 2.19 bits per heavy atom. The van der Waals surface area contributed by atoms with Crippen molar-refractivity contribution in [3.63, 3.8) is 0 Å². The van der Waals surface area contributed by atoms with E-state index in [9.17, 15) is 9.90 Å². The van der Waals surface area contributed by atoms with Crippen molar-refractivity contribution in [1.29, 1.82) is 0 Å². The standard InChI is InChI=1S/C13H18O3/c1-4-10-6-8-11(9-7-10)13(5-2,16-3)12(14)15/h6-9H,4-5H2,1-3H3,(H,14,15). The molecular formula is C13H18O3. The fraction of sp³-hybridized carbons (Fsp3) is 0.462. The minimum Gasteiger partial charge on any atom is -0.479 e. The van der Waals surface area contributed by atoms with Gasteiger partial charge in [-0.05, 0) is 24.0 Å². The Morgan fingerprint density at radius 1 is 1.31 bits per heavy atom. The summed E-state index contributed by atoms with van der Waals surface area (Å²) < 4.78 is 5.21. The van der Waals surface area contributed by atoms with Crippen molar-refractivity contribution in [1.82, 2.24) is 0 Å². The van der Waals surface area contributed by atoms with Crippen molar-refractivity contribution >= 4 is 5.97 Å². The smallest absolute Gasteiger partial charge is 0.340 e. The molecule has 1 aromatic carbocycles. The van der Waals surface area contributed by atoms with Gasteiger partial charge in [-0.3, -0.25) is 0 Å². The Balaban J connectivity index is 3.16. The first-order valence-corrected chi connectivity index (χ1v) is 5.48. The molecule has 0 fully saturated rings. The van der Waals surface area contributed by atoms with Crippen LogP contribution in [0.15, 0.2) is 24.3 Å². The number of aryl methyl sites for hydroxylation is 1. The van der Waals surface area contributed by atoms with Gasteiger partial charge in [0.15, 0.2) is 5.60 Å². The normalized spacial score (nSPS) is 14.4. The summed E-state index contributed by atoms with van der Waals surface area (Å²) in [4.78, 5) is 11.3. The van der Waals surface area contributed by atoms with Gasteiger partial charge in [0.05, 0.1) is 0 Å². The van der Waals surface area contributed by atoms with Gasteiger partial charge in [0.1, 0.15) is 0 Å². The van der Waals surface area contributed by atoms with Gasteiger partial charge in [-0.15, -0.1) is 0 Å². The second-order valence-corrected chi connectivity index (χ2v) is 3.74. The lowest BCUT2D eigenvalue weighted by atomic mass is 9.90. The molecule has 0 aliphatic carbocycles. The van der Waals surface area contributed by atoms with Crippen molar-refractivity contribution in [2.24, 2.45) is 0 Å². The van der Waals surface area contributed by atoms with Gasteiger partial charge < -0.3 is 9.84 Å². The van der Waals surface area contributed by atoms with E-state index in [0.717, 1.165) is 6.42 Å². The molecule has 0 saturated heterocycles. The van der Waals surface area contributed by atoms with E-state index in [-0.39, 0.29) is 0 Å². The zero-order valence-electron chi connectivity index (χ0n) is 9.99. The lowest BCUT2D eigenvalue weighted by Crippen LogP contribution is -2.37. The van der Waals surface area contributed by atoms with E-state index < -0.39 is 11.6 Å². The number of rotatable bonds is 5. The van der Waals surface area contributed by atoms with Crippen LogP contribution < -0.4 is 0 Å². The summed E-state index contributed by atoms with van der Waals surface area (Å²) in [6, 6.07) is 7.56. The second kappa shape index (κ2) is 5.12. The molecule has 0 aliphatic rings. The molecule has 0 radical (unpaired) electrons. The summed E-state index contributed by atoms with van der Waals surface area (Å²) >= 11 is 0. The molecule has 3 heteroatoms. The average Bonchev–Trinajstić information content (AvgIpc) is 2.32. The number of hydrogen-bond donors (Lipinski definition) is 1. The number of carbonyl (C=O) groups is 1. The Hall–Kier alpha value is -1.35. The predicted octanol–water partition coefficient (Wildman–Crippen LogP) is 2.59. The molecular weight excluding hydrogens is 204 g/mol. The maximum absolute atomic E-state index is 11.3. The summed E-state index contributed by atoms with van der Waals surface area (Å²) in [6.45, 7) is 3.88. The number of carboxylic acids is 1. The number of hydrogen-bond acceptors (Lipinski definition) is 2. The van der Waals surface area contributed by atoms with Gasteiger partial charge in [0.25, 0.3) is 0 Å². The van der Waals surface area contributed by atoms with Crippen LogP contribution >= 0.6 is 0 Å². The summed E-state index contributed by atoms with van der Waals surface area (Å²) in [7, 11) is 1.44. The van der Waals surface area contributed by atoms with Crippen molar-refractivity contribution in [3.8, 4) is 0 Å². The van der Waals surface area contributed by atoms with E-state index in [4.69, 9.17) is 4.74 Å². The van der Waals surface area contributed by atoms with E-state index in [1.165, 1.54) is 12.7 Å². The third-order valence-electron chi connectivity index (χ3n) is 3.02. The van der Waals surface area contributed by atoms with E-state index in [0.29, 0.717) is 12.0 Å². The molecule has 0 spiro atoms.